The van der Waals surface area contributed by atoms with Crippen LogP contribution in [0.1, 0.15) is 64.0 Å². The highest BCUT2D eigenvalue weighted by molar-refractivity contribution is 6.00. The van der Waals surface area contributed by atoms with Crippen LogP contribution in [0.15, 0.2) is 87.4 Å². The molecule has 37 heavy (non-hydrogen) atoms. The van der Waals surface area contributed by atoms with Gasteiger partial charge in [-0.15, -0.1) is 0 Å². The minimum Gasteiger partial charge on any atom is -0.455 e. The van der Waals surface area contributed by atoms with Crippen LogP contribution in [0.2, 0.25) is 0 Å². The third-order valence-corrected chi connectivity index (χ3v) is 8.76. The molecule has 0 saturated heterocycles. The Morgan fingerprint density at radius 1 is 0.703 bits per heavy atom. The number of hydrazone groups is 2. The summed E-state index contributed by atoms with van der Waals surface area (Å²) in [6, 6.07) is 25.7. The van der Waals surface area contributed by atoms with Crippen molar-refractivity contribution in [3.8, 4) is 0 Å². The number of para-hydroxylation sites is 2. The third kappa shape index (κ3) is 3.59. The first-order chi connectivity index (χ1) is 17.7. The molecule has 5 heteroatoms. The number of furan rings is 1. The highest BCUT2D eigenvalue weighted by atomic mass is 16.3. The normalized spacial score (nSPS) is 21.9. The van der Waals surface area contributed by atoms with Gasteiger partial charge in [-0.25, -0.2) is 0 Å². The van der Waals surface area contributed by atoms with Crippen molar-refractivity contribution >= 4 is 34.8 Å². The molecule has 2 aliphatic heterocycles. The number of anilines is 2. The fourth-order valence-corrected chi connectivity index (χ4v) is 5.76. The summed E-state index contributed by atoms with van der Waals surface area (Å²) in [6.45, 7) is 13.6. The molecule has 2 aliphatic rings. The Hall–Kier alpha value is -3.86. The van der Waals surface area contributed by atoms with Crippen LogP contribution in [0, 0.1) is 0 Å². The van der Waals surface area contributed by atoms with Gasteiger partial charge < -0.3 is 4.42 Å². The predicted molar refractivity (Wildman–Crippen MR) is 154 cm³/mol. The minimum atomic E-state index is 0.0192. The lowest BCUT2D eigenvalue weighted by Gasteiger charge is -2.27. The molecule has 0 spiro atoms. The van der Waals surface area contributed by atoms with Gasteiger partial charge in [-0.1, -0.05) is 76.2 Å². The highest BCUT2D eigenvalue weighted by Gasteiger charge is 2.42. The van der Waals surface area contributed by atoms with E-state index in [0.29, 0.717) is 0 Å². The van der Waals surface area contributed by atoms with Crippen molar-refractivity contribution in [3.63, 3.8) is 0 Å². The molecule has 0 fully saturated rings. The van der Waals surface area contributed by atoms with Crippen LogP contribution in [0.3, 0.4) is 0 Å². The molecule has 2 unspecified atom stereocenters. The molecule has 188 valence electrons. The number of rotatable bonds is 4. The number of benzene rings is 3. The molecule has 1 aromatic heterocycles. The average molecular weight is 491 g/mol. The minimum absolute atomic E-state index is 0.0192. The first-order valence-corrected chi connectivity index (χ1v) is 13.1. The Labute approximate surface area is 219 Å². The molecule has 0 aliphatic carbocycles. The molecule has 0 amide bonds. The van der Waals surface area contributed by atoms with E-state index in [1.165, 1.54) is 16.8 Å². The molecule has 0 radical (unpaired) electrons. The first-order valence-electron chi connectivity index (χ1n) is 13.1. The zero-order valence-electron chi connectivity index (χ0n) is 22.4. The molecule has 3 aromatic carbocycles. The summed E-state index contributed by atoms with van der Waals surface area (Å²) < 4.78 is 6.17. The number of hydrogen-bond donors (Lipinski definition) is 0. The Morgan fingerprint density at radius 2 is 1.24 bits per heavy atom. The predicted octanol–water partition coefficient (Wildman–Crippen LogP) is 7.47. The van der Waals surface area contributed by atoms with Gasteiger partial charge in [0.1, 0.15) is 11.3 Å². The van der Waals surface area contributed by atoms with E-state index in [1.54, 1.807) is 0 Å². The van der Waals surface area contributed by atoms with Crippen LogP contribution in [0.4, 0.5) is 11.4 Å². The van der Waals surface area contributed by atoms with Gasteiger partial charge >= 0.3 is 0 Å². The lowest BCUT2D eigenvalue weighted by molar-refractivity contribution is 0.446. The molecule has 4 aromatic rings. The van der Waals surface area contributed by atoms with Crippen molar-refractivity contribution in [2.24, 2.45) is 10.2 Å². The van der Waals surface area contributed by atoms with Crippen LogP contribution in [0.25, 0.3) is 11.0 Å². The van der Waals surface area contributed by atoms with Crippen LogP contribution >= 0.6 is 0 Å². The van der Waals surface area contributed by atoms with Crippen molar-refractivity contribution < 1.29 is 4.42 Å². The van der Waals surface area contributed by atoms with Gasteiger partial charge in [0.25, 0.3) is 0 Å². The van der Waals surface area contributed by atoms with Crippen LogP contribution in [0.5, 0.6) is 0 Å². The summed E-state index contributed by atoms with van der Waals surface area (Å²) in [6.07, 6.45) is 3.78. The Balaban J connectivity index is 1.30. The van der Waals surface area contributed by atoms with Crippen molar-refractivity contribution in [3.05, 3.63) is 95.2 Å². The van der Waals surface area contributed by atoms with Gasteiger partial charge in [0, 0.05) is 21.8 Å². The Bertz CT molecular complexity index is 1540. The summed E-state index contributed by atoms with van der Waals surface area (Å²) in [7, 11) is 0. The van der Waals surface area contributed by atoms with E-state index in [4.69, 9.17) is 14.6 Å². The Morgan fingerprint density at radius 3 is 1.84 bits per heavy atom. The molecule has 2 atom stereocenters. The first kappa shape index (κ1) is 23.5. The quantitative estimate of drug-likeness (QED) is 0.279. The van der Waals surface area contributed by atoms with E-state index in [2.05, 4.69) is 112 Å². The molecule has 3 heterocycles. The molecule has 0 saturated carbocycles. The summed E-state index contributed by atoms with van der Waals surface area (Å²) >= 11 is 0. The number of fused-ring (bicyclic) bond motifs is 3. The maximum atomic E-state index is 6.17. The average Bonchev–Trinajstić information content (AvgIpc) is 3.46. The SMILES string of the molecule is CC1N(N=Cc2cc3c(C=NN4c5ccccc5C(C)(C)C4C)cccc3o2)c2ccccc2C1(C)C. The highest BCUT2D eigenvalue weighted by Crippen LogP contribution is 2.46. The van der Waals surface area contributed by atoms with Crippen molar-refractivity contribution in [2.45, 2.75) is 64.5 Å². The summed E-state index contributed by atoms with van der Waals surface area (Å²) in [5, 5.41) is 15.1. The van der Waals surface area contributed by atoms with Crippen LogP contribution in [-0.4, -0.2) is 24.5 Å². The van der Waals surface area contributed by atoms with Crippen molar-refractivity contribution in [1.29, 1.82) is 0 Å². The third-order valence-electron chi connectivity index (χ3n) is 8.76. The van der Waals surface area contributed by atoms with Gasteiger partial charge in [0.15, 0.2) is 0 Å². The lowest BCUT2D eigenvalue weighted by Crippen LogP contribution is -2.36. The summed E-state index contributed by atoms with van der Waals surface area (Å²) in [5.41, 5.74) is 6.88. The lowest BCUT2D eigenvalue weighted by atomic mass is 9.81. The van der Waals surface area contributed by atoms with Gasteiger partial charge in [-0.2, -0.15) is 10.2 Å². The van der Waals surface area contributed by atoms with Gasteiger partial charge in [-0.3, -0.25) is 10.0 Å². The number of nitrogens with zero attached hydrogens (tertiary/aromatic N) is 4. The zero-order valence-corrected chi connectivity index (χ0v) is 22.4. The fourth-order valence-electron chi connectivity index (χ4n) is 5.76. The molecule has 6 rings (SSSR count). The fraction of sp³-hybridized carbons (Fsp3) is 0.312. The molecule has 5 nitrogen and oxygen atoms in total. The van der Waals surface area contributed by atoms with Gasteiger partial charge in [0.2, 0.25) is 0 Å². The maximum absolute atomic E-state index is 6.17. The Kier molecular flexibility index (Phi) is 5.30. The van der Waals surface area contributed by atoms with E-state index in [1.807, 2.05) is 24.6 Å². The van der Waals surface area contributed by atoms with Crippen molar-refractivity contribution in [2.75, 3.05) is 10.0 Å². The maximum Gasteiger partial charge on any atom is 0.148 e. The van der Waals surface area contributed by atoms with Gasteiger partial charge in [-0.05, 0) is 49.2 Å². The second-order valence-electron chi connectivity index (χ2n) is 11.4. The van der Waals surface area contributed by atoms with Crippen LogP contribution in [-0.2, 0) is 10.8 Å². The summed E-state index contributed by atoms with van der Waals surface area (Å²) in [4.78, 5) is 0. The largest absolute Gasteiger partial charge is 0.455 e. The summed E-state index contributed by atoms with van der Waals surface area (Å²) in [5.74, 6) is 0.728. The van der Waals surface area contributed by atoms with E-state index >= 15 is 0 Å². The topological polar surface area (TPSA) is 44.3 Å². The van der Waals surface area contributed by atoms with E-state index < -0.39 is 0 Å². The second kappa shape index (κ2) is 8.34. The molecule has 0 bridgehead atoms. The van der Waals surface area contributed by atoms with Crippen molar-refractivity contribution in [1.82, 2.24) is 0 Å². The molecular formula is C32H34N4O. The second-order valence-corrected chi connectivity index (χ2v) is 11.4. The van der Waals surface area contributed by atoms with Crippen LogP contribution < -0.4 is 10.0 Å². The zero-order chi connectivity index (χ0) is 25.9. The monoisotopic (exact) mass is 490 g/mol. The van der Waals surface area contributed by atoms with E-state index in [0.717, 1.165) is 28.0 Å². The molecular weight excluding hydrogens is 456 g/mol. The van der Waals surface area contributed by atoms with E-state index in [-0.39, 0.29) is 22.9 Å². The standard InChI is InChI=1S/C32H34N4O/c1-21-31(3,4)26-13-7-9-15-28(26)35(21)33-19-23-12-11-17-30-25(23)18-24(37-30)20-34-36-22(2)32(5,6)27-14-8-10-16-29(27)36/h7-22H,1-6H3. The molecule has 0 N–H and O–H groups in total. The smallest absolute Gasteiger partial charge is 0.148 e. The van der Waals surface area contributed by atoms with Gasteiger partial charge in [0.05, 0.1) is 35.9 Å². The van der Waals surface area contributed by atoms with E-state index in [9.17, 15) is 0 Å². The number of hydrogen-bond acceptors (Lipinski definition) is 5.